The zero-order valence-electron chi connectivity index (χ0n) is 44.1. The summed E-state index contributed by atoms with van der Waals surface area (Å²) in [6.07, 6.45) is 73.5. The molecule has 0 saturated heterocycles. The fraction of sp³-hybridized carbons (Fsp3) is 0.746. The number of allylic oxidation sites excluding steroid dienone is 14. The maximum atomic E-state index is 12.7. The Morgan fingerprint density at radius 1 is 0.456 bits per heavy atom. The Morgan fingerprint density at radius 2 is 0.824 bits per heavy atom. The smallest absolute Gasteiger partial charge is 0.457 e. The molecule has 0 amide bonds. The van der Waals surface area contributed by atoms with Crippen LogP contribution >= 0.6 is 7.82 Å². The Morgan fingerprint density at radius 3 is 1.25 bits per heavy atom. The van der Waals surface area contributed by atoms with Crippen molar-refractivity contribution >= 4 is 13.8 Å². The van der Waals surface area contributed by atoms with Gasteiger partial charge in [0.1, 0.15) is 6.10 Å². The van der Waals surface area contributed by atoms with Crippen LogP contribution in [0.2, 0.25) is 0 Å². The van der Waals surface area contributed by atoms with Crippen LogP contribution in [0.4, 0.5) is 0 Å². The molecule has 0 rings (SSSR count). The highest BCUT2D eigenvalue weighted by Crippen LogP contribution is 2.43. The van der Waals surface area contributed by atoms with Crippen LogP contribution in [-0.2, 0) is 27.9 Å². The maximum Gasteiger partial charge on any atom is 0.472 e. The van der Waals surface area contributed by atoms with E-state index in [9.17, 15) is 14.3 Å². The van der Waals surface area contributed by atoms with Crippen LogP contribution in [0.1, 0.15) is 245 Å². The van der Waals surface area contributed by atoms with Gasteiger partial charge in [-0.3, -0.25) is 13.8 Å². The number of phosphoric acid groups is 1. The fourth-order valence-electron chi connectivity index (χ4n) is 7.70. The number of hydrogen-bond donors (Lipinski definition) is 2. The lowest BCUT2D eigenvalue weighted by atomic mass is 10.0. The fourth-order valence-corrected chi connectivity index (χ4v) is 8.47. The average molecular weight is 972 g/mol. The van der Waals surface area contributed by atoms with Gasteiger partial charge in [-0.05, 0) is 89.9 Å². The Balaban J connectivity index is 3.96. The summed E-state index contributed by atoms with van der Waals surface area (Å²) in [5.74, 6) is -0.338. The molecule has 9 heteroatoms. The Labute approximate surface area is 419 Å². The van der Waals surface area contributed by atoms with Gasteiger partial charge in [0.15, 0.2) is 0 Å². The summed E-state index contributed by atoms with van der Waals surface area (Å²) in [4.78, 5) is 22.7. The molecule has 3 N–H and O–H groups in total. The first kappa shape index (κ1) is 65.7. The maximum absolute atomic E-state index is 12.7. The van der Waals surface area contributed by atoms with E-state index in [0.717, 1.165) is 83.5 Å². The van der Waals surface area contributed by atoms with Crippen LogP contribution in [0.25, 0.3) is 0 Å². The molecule has 0 heterocycles. The number of hydrogen-bond acceptors (Lipinski definition) is 7. The van der Waals surface area contributed by atoms with E-state index in [0.29, 0.717) is 13.0 Å². The quantitative estimate of drug-likeness (QED) is 0.0268. The summed E-state index contributed by atoms with van der Waals surface area (Å²) in [6.45, 7) is 4.78. The molecule has 2 unspecified atom stereocenters. The third-order valence-corrected chi connectivity index (χ3v) is 12.8. The zero-order chi connectivity index (χ0) is 49.4. The first-order chi connectivity index (χ1) is 33.4. The Bertz CT molecular complexity index is 1320. The molecule has 0 aliphatic carbocycles. The standard InChI is InChI=1S/C59H106NO7P/c1-3-5-7-9-11-13-15-17-19-21-23-25-27-29-30-32-34-36-38-40-42-44-46-48-50-52-59(61)67-58(57-66-68(62,63)65-55-53-60)56-64-54-51-49-47-45-43-41-39-37-35-33-31-28-26-24-22-20-18-16-14-12-10-8-6-4-2/h6,8,12,14,18,20-21,23-24,26,31,33,37,39,58H,3-5,7,9-11,13,15-17,19,22,25,27-30,32,34-36,38,40-57,60H2,1-2H3,(H,62,63)/b8-6-,14-12-,20-18-,23-21-,26-24-,33-31-,39-37-. The lowest BCUT2D eigenvalue weighted by Crippen LogP contribution is -2.28. The number of unbranched alkanes of at least 4 members (excludes halogenated alkanes) is 26. The topological polar surface area (TPSA) is 117 Å². The van der Waals surface area contributed by atoms with E-state index in [1.807, 2.05) is 0 Å². The minimum Gasteiger partial charge on any atom is -0.457 e. The second kappa shape index (κ2) is 55.6. The predicted octanol–water partition coefficient (Wildman–Crippen LogP) is 18.0. The molecule has 0 aromatic rings. The molecule has 0 aromatic carbocycles. The van der Waals surface area contributed by atoms with Crippen molar-refractivity contribution in [2.45, 2.75) is 251 Å². The normalized spacial score (nSPS) is 13.9. The van der Waals surface area contributed by atoms with Gasteiger partial charge in [0.05, 0.1) is 19.8 Å². The van der Waals surface area contributed by atoms with E-state index in [1.54, 1.807) is 0 Å². The van der Waals surface area contributed by atoms with Gasteiger partial charge in [0, 0.05) is 19.6 Å². The van der Waals surface area contributed by atoms with Gasteiger partial charge in [0.25, 0.3) is 0 Å². The van der Waals surface area contributed by atoms with Gasteiger partial charge in [-0.25, -0.2) is 4.57 Å². The third-order valence-electron chi connectivity index (χ3n) is 11.8. The van der Waals surface area contributed by atoms with Crippen LogP contribution in [0.5, 0.6) is 0 Å². The van der Waals surface area contributed by atoms with E-state index in [2.05, 4.69) is 98.9 Å². The summed E-state index contributed by atoms with van der Waals surface area (Å²) < 4.78 is 33.6. The number of rotatable bonds is 53. The molecule has 394 valence electrons. The highest BCUT2D eigenvalue weighted by atomic mass is 31.2. The van der Waals surface area contributed by atoms with Crippen molar-refractivity contribution < 1.29 is 32.8 Å². The highest BCUT2D eigenvalue weighted by molar-refractivity contribution is 7.47. The zero-order valence-corrected chi connectivity index (χ0v) is 45.0. The molecule has 68 heavy (non-hydrogen) atoms. The van der Waals surface area contributed by atoms with Crippen LogP contribution in [0, 0.1) is 0 Å². The van der Waals surface area contributed by atoms with Crippen LogP contribution < -0.4 is 5.73 Å². The molecule has 0 bridgehead atoms. The molecule has 0 aliphatic rings. The highest BCUT2D eigenvalue weighted by Gasteiger charge is 2.25. The molecule has 8 nitrogen and oxygen atoms in total. The van der Waals surface area contributed by atoms with E-state index in [4.69, 9.17) is 24.3 Å². The largest absolute Gasteiger partial charge is 0.472 e. The lowest BCUT2D eigenvalue weighted by molar-refractivity contribution is -0.154. The van der Waals surface area contributed by atoms with Crippen molar-refractivity contribution in [1.29, 1.82) is 0 Å². The second-order valence-electron chi connectivity index (χ2n) is 18.4. The first-order valence-corrected chi connectivity index (χ1v) is 29.6. The third kappa shape index (κ3) is 54.6. The number of esters is 1. The summed E-state index contributed by atoms with van der Waals surface area (Å²) in [7, 11) is -4.30. The van der Waals surface area contributed by atoms with E-state index >= 15 is 0 Å². The SMILES string of the molecule is CC/C=C\C/C=C\C/C=C\C/C=C\C/C=C\C/C=C\CCCCCCCOCC(COP(=O)(O)OCCN)OC(=O)CCCCCCCCCCCCCCC/C=C\CCCCCCCCCC. The minimum absolute atomic E-state index is 0.0933. The van der Waals surface area contributed by atoms with Gasteiger partial charge < -0.3 is 20.1 Å². The summed E-state index contributed by atoms with van der Waals surface area (Å²) in [6, 6.07) is 0. The van der Waals surface area contributed by atoms with E-state index in [-0.39, 0.29) is 32.3 Å². The second-order valence-corrected chi connectivity index (χ2v) is 19.9. The molecular formula is C59H106NO7P. The molecule has 0 spiro atoms. The van der Waals surface area contributed by atoms with E-state index < -0.39 is 13.9 Å². The van der Waals surface area contributed by atoms with Gasteiger partial charge in [-0.15, -0.1) is 0 Å². The number of carbonyl (C=O) groups excluding carboxylic acids is 1. The van der Waals surface area contributed by atoms with E-state index in [1.165, 1.54) is 141 Å². The van der Waals surface area contributed by atoms with Crippen molar-refractivity contribution in [2.75, 3.05) is 33.0 Å². The molecular weight excluding hydrogens is 866 g/mol. The summed E-state index contributed by atoms with van der Waals surface area (Å²) in [5.41, 5.74) is 5.40. The summed E-state index contributed by atoms with van der Waals surface area (Å²) >= 11 is 0. The van der Waals surface area contributed by atoms with Crippen molar-refractivity contribution in [3.8, 4) is 0 Å². The summed E-state index contributed by atoms with van der Waals surface area (Å²) in [5, 5.41) is 0. The molecule has 0 fully saturated rings. The number of nitrogens with two attached hydrogens (primary N) is 1. The molecule has 2 atom stereocenters. The van der Waals surface area contributed by atoms with Crippen molar-refractivity contribution in [2.24, 2.45) is 5.73 Å². The lowest BCUT2D eigenvalue weighted by Gasteiger charge is -2.20. The number of carbonyl (C=O) groups is 1. The molecule has 0 saturated carbocycles. The van der Waals surface area contributed by atoms with Gasteiger partial charge in [-0.2, -0.15) is 0 Å². The number of phosphoric ester groups is 1. The van der Waals surface area contributed by atoms with Crippen molar-refractivity contribution in [3.05, 3.63) is 85.1 Å². The van der Waals surface area contributed by atoms with Gasteiger partial charge in [-0.1, -0.05) is 234 Å². The average Bonchev–Trinajstić information content (AvgIpc) is 3.33. The Kier molecular flexibility index (Phi) is 53.7. The van der Waals surface area contributed by atoms with Gasteiger partial charge >= 0.3 is 13.8 Å². The van der Waals surface area contributed by atoms with Crippen LogP contribution in [0.3, 0.4) is 0 Å². The Hall–Kier alpha value is -2.32. The van der Waals surface area contributed by atoms with Crippen molar-refractivity contribution in [3.63, 3.8) is 0 Å². The number of ether oxygens (including phenoxy) is 2. The predicted molar refractivity (Wildman–Crippen MR) is 293 cm³/mol. The molecule has 0 radical (unpaired) electrons. The van der Waals surface area contributed by atoms with Crippen molar-refractivity contribution in [1.82, 2.24) is 0 Å². The first-order valence-electron chi connectivity index (χ1n) is 28.1. The van der Waals surface area contributed by atoms with Gasteiger partial charge in [0.2, 0.25) is 0 Å². The van der Waals surface area contributed by atoms with Crippen LogP contribution in [0.15, 0.2) is 85.1 Å². The molecule has 0 aliphatic heterocycles. The van der Waals surface area contributed by atoms with Crippen LogP contribution in [-0.4, -0.2) is 49.9 Å². The molecule has 0 aromatic heterocycles. The monoisotopic (exact) mass is 972 g/mol. The minimum atomic E-state index is -4.30.